The fourth-order valence-corrected chi connectivity index (χ4v) is 2.62. The maximum atomic E-state index is 5.58. The van der Waals surface area contributed by atoms with Gasteiger partial charge in [-0.25, -0.2) is 4.98 Å². The van der Waals surface area contributed by atoms with Crippen LogP contribution in [-0.4, -0.2) is 24.0 Å². The lowest BCUT2D eigenvalue weighted by molar-refractivity contribution is 0.0728. The van der Waals surface area contributed by atoms with E-state index in [0.717, 1.165) is 35.6 Å². The summed E-state index contributed by atoms with van der Waals surface area (Å²) in [7, 11) is 0. The van der Waals surface area contributed by atoms with Crippen LogP contribution in [0.4, 0.5) is 5.69 Å². The van der Waals surface area contributed by atoms with Gasteiger partial charge < -0.3 is 10.5 Å². The van der Waals surface area contributed by atoms with Crippen molar-refractivity contribution in [2.75, 3.05) is 24.7 Å². The van der Waals surface area contributed by atoms with Crippen molar-refractivity contribution < 1.29 is 4.74 Å². The van der Waals surface area contributed by atoms with E-state index in [4.69, 9.17) is 10.5 Å². The molecule has 0 bridgehead atoms. The molecule has 1 aliphatic rings. The molecule has 3 nitrogen and oxygen atoms in total. The average Bonchev–Trinajstić information content (AvgIpc) is 2.30. The van der Waals surface area contributed by atoms with Crippen molar-refractivity contribution in [3.8, 4) is 0 Å². The van der Waals surface area contributed by atoms with Gasteiger partial charge in [0.2, 0.25) is 0 Å². The molecule has 4 heteroatoms. The number of nitrogens with zero attached hydrogens (tertiary/aromatic N) is 1. The quantitative estimate of drug-likeness (QED) is 0.799. The van der Waals surface area contributed by atoms with Gasteiger partial charge in [0.15, 0.2) is 0 Å². The van der Waals surface area contributed by atoms with Crippen molar-refractivity contribution in [2.45, 2.75) is 17.9 Å². The summed E-state index contributed by atoms with van der Waals surface area (Å²) in [5, 5.41) is 1.07. The second-order valence-corrected chi connectivity index (χ2v) is 4.84. The molecule has 1 aromatic rings. The topological polar surface area (TPSA) is 48.1 Å². The summed E-state index contributed by atoms with van der Waals surface area (Å²) in [6.45, 7) is 1.83. The average molecular weight is 224 g/mol. The minimum absolute atomic E-state index is 0.727. The van der Waals surface area contributed by atoms with Crippen LogP contribution in [0.2, 0.25) is 0 Å². The van der Waals surface area contributed by atoms with Gasteiger partial charge in [-0.2, -0.15) is 0 Å². The number of anilines is 1. The molecule has 0 saturated carbocycles. The van der Waals surface area contributed by atoms with Crippen LogP contribution in [-0.2, 0) is 4.74 Å². The van der Waals surface area contributed by atoms with Gasteiger partial charge in [-0.05, 0) is 30.9 Å². The Hall–Kier alpha value is -0.740. The van der Waals surface area contributed by atoms with E-state index in [1.54, 1.807) is 6.20 Å². The molecule has 0 atom stereocenters. The number of aromatic nitrogens is 1. The predicted molar refractivity (Wildman–Crippen MR) is 62.9 cm³/mol. The Morgan fingerprint density at radius 3 is 2.87 bits per heavy atom. The fraction of sp³-hybridized carbons (Fsp3) is 0.545. The first-order valence-corrected chi connectivity index (χ1v) is 6.25. The SMILES string of the molecule is Nc1ccc(SCC2CCOCC2)nc1. The predicted octanol–water partition coefficient (Wildman–Crippen LogP) is 2.18. The van der Waals surface area contributed by atoms with E-state index in [-0.39, 0.29) is 0 Å². The van der Waals surface area contributed by atoms with Gasteiger partial charge in [0, 0.05) is 19.0 Å². The Morgan fingerprint density at radius 1 is 1.40 bits per heavy atom. The number of hydrogen-bond donors (Lipinski definition) is 1. The zero-order chi connectivity index (χ0) is 10.5. The number of nitrogens with two attached hydrogens (primary N) is 1. The van der Waals surface area contributed by atoms with Crippen molar-refractivity contribution in [1.29, 1.82) is 0 Å². The molecule has 0 radical (unpaired) electrons. The summed E-state index contributed by atoms with van der Waals surface area (Å²) in [6, 6.07) is 3.89. The zero-order valence-electron chi connectivity index (χ0n) is 8.69. The van der Waals surface area contributed by atoms with E-state index in [2.05, 4.69) is 4.98 Å². The Kier molecular flexibility index (Phi) is 3.86. The monoisotopic (exact) mass is 224 g/mol. The highest BCUT2D eigenvalue weighted by molar-refractivity contribution is 7.99. The first-order chi connectivity index (χ1) is 7.34. The molecule has 2 N–H and O–H groups in total. The maximum Gasteiger partial charge on any atom is 0.0961 e. The number of thioether (sulfide) groups is 1. The normalized spacial score (nSPS) is 17.9. The van der Waals surface area contributed by atoms with Crippen molar-refractivity contribution in [3.05, 3.63) is 18.3 Å². The van der Waals surface area contributed by atoms with Crippen molar-refractivity contribution in [3.63, 3.8) is 0 Å². The molecule has 1 saturated heterocycles. The highest BCUT2D eigenvalue weighted by Gasteiger charge is 2.13. The van der Waals surface area contributed by atoms with Crippen LogP contribution in [0, 0.1) is 5.92 Å². The molecule has 0 aromatic carbocycles. The van der Waals surface area contributed by atoms with Gasteiger partial charge in [-0.3, -0.25) is 0 Å². The maximum absolute atomic E-state index is 5.58. The summed E-state index contributed by atoms with van der Waals surface area (Å²) in [4.78, 5) is 4.27. The van der Waals surface area contributed by atoms with E-state index >= 15 is 0 Å². The molecular weight excluding hydrogens is 208 g/mol. The van der Waals surface area contributed by atoms with Crippen LogP contribution in [0.15, 0.2) is 23.4 Å². The molecule has 2 heterocycles. The summed E-state index contributed by atoms with van der Waals surface area (Å²) >= 11 is 1.81. The van der Waals surface area contributed by atoms with E-state index in [1.807, 2.05) is 23.9 Å². The van der Waals surface area contributed by atoms with Crippen LogP contribution >= 0.6 is 11.8 Å². The molecular formula is C11H16N2OS. The van der Waals surface area contributed by atoms with Gasteiger partial charge in [0.05, 0.1) is 16.9 Å². The number of rotatable bonds is 3. The van der Waals surface area contributed by atoms with Crippen LogP contribution in [0.1, 0.15) is 12.8 Å². The summed E-state index contributed by atoms with van der Waals surface area (Å²) in [5.74, 6) is 1.92. The van der Waals surface area contributed by atoms with Gasteiger partial charge in [-0.15, -0.1) is 11.8 Å². The summed E-state index contributed by atoms with van der Waals surface area (Å²) in [6.07, 6.45) is 4.08. The molecule has 1 aliphatic heterocycles. The lowest BCUT2D eigenvalue weighted by Gasteiger charge is -2.21. The largest absolute Gasteiger partial charge is 0.397 e. The van der Waals surface area contributed by atoms with Crippen LogP contribution < -0.4 is 5.73 Å². The lowest BCUT2D eigenvalue weighted by atomic mass is 10.0. The molecule has 1 aromatic heterocycles. The molecule has 0 unspecified atom stereocenters. The molecule has 0 amide bonds. The Bertz CT molecular complexity index is 296. The molecule has 15 heavy (non-hydrogen) atoms. The highest BCUT2D eigenvalue weighted by Crippen LogP contribution is 2.24. The molecule has 0 aliphatic carbocycles. The number of ether oxygens (including phenoxy) is 1. The second-order valence-electron chi connectivity index (χ2n) is 3.80. The number of hydrogen-bond acceptors (Lipinski definition) is 4. The minimum atomic E-state index is 0.727. The van der Waals surface area contributed by atoms with Gasteiger partial charge >= 0.3 is 0 Å². The van der Waals surface area contributed by atoms with E-state index in [9.17, 15) is 0 Å². The minimum Gasteiger partial charge on any atom is -0.397 e. The van der Waals surface area contributed by atoms with Gasteiger partial charge in [0.1, 0.15) is 0 Å². The third-order valence-corrected chi connectivity index (χ3v) is 3.74. The zero-order valence-corrected chi connectivity index (χ0v) is 9.50. The van der Waals surface area contributed by atoms with Crippen LogP contribution in [0.25, 0.3) is 0 Å². The molecule has 2 rings (SSSR count). The summed E-state index contributed by atoms with van der Waals surface area (Å²) < 4.78 is 5.33. The lowest BCUT2D eigenvalue weighted by Crippen LogP contribution is -2.17. The van der Waals surface area contributed by atoms with E-state index < -0.39 is 0 Å². The Labute approximate surface area is 94.4 Å². The third kappa shape index (κ3) is 3.39. The standard InChI is InChI=1S/C11H16N2OS/c12-10-1-2-11(13-7-10)15-8-9-3-5-14-6-4-9/h1-2,7,9H,3-6,8,12H2. The number of pyridine rings is 1. The first kappa shape index (κ1) is 10.8. The smallest absolute Gasteiger partial charge is 0.0961 e. The Morgan fingerprint density at radius 2 is 2.20 bits per heavy atom. The van der Waals surface area contributed by atoms with E-state index in [0.29, 0.717) is 0 Å². The van der Waals surface area contributed by atoms with Crippen LogP contribution in [0.3, 0.4) is 0 Å². The highest BCUT2D eigenvalue weighted by atomic mass is 32.2. The summed E-state index contributed by atoms with van der Waals surface area (Å²) in [5.41, 5.74) is 6.30. The van der Waals surface area contributed by atoms with Crippen molar-refractivity contribution in [1.82, 2.24) is 4.98 Å². The second kappa shape index (κ2) is 5.37. The van der Waals surface area contributed by atoms with E-state index in [1.165, 1.54) is 12.8 Å². The molecule has 1 fully saturated rings. The van der Waals surface area contributed by atoms with Crippen LogP contribution in [0.5, 0.6) is 0 Å². The molecule has 0 spiro atoms. The first-order valence-electron chi connectivity index (χ1n) is 5.26. The Balaban J connectivity index is 1.79. The molecule has 82 valence electrons. The third-order valence-electron chi connectivity index (χ3n) is 2.57. The van der Waals surface area contributed by atoms with Crippen molar-refractivity contribution >= 4 is 17.4 Å². The fourth-order valence-electron chi connectivity index (χ4n) is 1.59. The number of nitrogen functional groups attached to an aromatic ring is 1. The van der Waals surface area contributed by atoms with Crippen molar-refractivity contribution in [2.24, 2.45) is 5.92 Å². The van der Waals surface area contributed by atoms with Gasteiger partial charge in [-0.1, -0.05) is 0 Å². The van der Waals surface area contributed by atoms with Gasteiger partial charge in [0.25, 0.3) is 0 Å².